The molecule has 100 valence electrons. The van der Waals surface area contributed by atoms with Crippen molar-refractivity contribution in [2.45, 2.75) is 0 Å². The summed E-state index contributed by atoms with van der Waals surface area (Å²) in [6, 6.07) is 11.3. The van der Waals surface area contributed by atoms with Crippen LogP contribution in [-0.2, 0) is 0 Å². The highest BCUT2D eigenvalue weighted by Gasteiger charge is 2.13. The van der Waals surface area contributed by atoms with Gasteiger partial charge in [-0.15, -0.1) is 0 Å². The molecule has 1 heterocycles. The Morgan fingerprint density at radius 2 is 1.95 bits per heavy atom. The maximum atomic E-state index is 12.1. The number of halogens is 1. The van der Waals surface area contributed by atoms with Gasteiger partial charge in [-0.1, -0.05) is 23.7 Å². The van der Waals surface area contributed by atoms with Crippen LogP contribution in [0.5, 0.6) is 0 Å². The molecule has 2 N–H and O–H groups in total. The lowest BCUT2D eigenvalue weighted by Gasteiger charge is -2.05. The molecule has 0 amide bonds. The quantitative estimate of drug-likeness (QED) is 0.761. The summed E-state index contributed by atoms with van der Waals surface area (Å²) in [5.74, 6) is -1.05. The van der Waals surface area contributed by atoms with Crippen molar-refractivity contribution in [3.63, 3.8) is 0 Å². The molecule has 0 aliphatic carbocycles. The second kappa shape index (κ2) is 4.54. The van der Waals surface area contributed by atoms with Crippen molar-refractivity contribution in [1.82, 2.24) is 9.55 Å². The minimum atomic E-state index is -1.05. The minimum absolute atomic E-state index is 0.109. The first-order valence-corrected chi connectivity index (χ1v) is 6.19. The predicted octanol–water partition coefficient (Wildman–Crippen LogP) is 2.67. The summed E-state index contributed by atoms with van der Waals surface area (Å²) in [5, 5.41) is 9.46. The second-order valence-electron chi connectivity index (χ2n) is 4.25. The zero-order valence-corrected chi connectivity index (χ0v) is 10.9. The second-order valence-corrected chi connectivity index (χ2v) is 4.66. The van der Waals surface area contributed by atoms with E-state index in [0.29, 0.717) is 21.7 Å². The molecule has 0 unspecified atom stereocenters. The molecular formula is C14H9ClN2O3. The molecule has 0 aliphatic rings. The summed E-state index contributed by atoms with van der Waals surface area (Å²) in [4.78, 5) is 25.8. The number of hydrogen-bond acceptors (Lipinski definition) is 2. The third-order valence-corrected chi connectivity index (χ3v) is 3.34. The lowest BCUT2D eigenvalue weighted by atomic mass is 10.2. The van der Waals surface area contributed by atoms with Gasteiger partial charge in [-0.25, -0.2) is 9.59 Å². The maximum absolute atomic E-state index is 12.1. The van der Waals surface area contributed by atoms with Crippen molar-refractivity contribution in [2.24, 2.45) is 0 Å². The van der Waals surface area contributed by atoms with Gasteiger partial charge in [0.05, 0.1) is 27.3 Å². The van der Waals surface area contributed by atoms with Crippen molar-refractivity contribution < 1.29 is 9.90 Å². The molecule has 20 heavy (non-hydrogen) atoms. The summed E-state index contributed by atoms with van der Waals surface area (Å²) in [5.41, 5.74) is 1.28. The van der Waals surface area contributed by atoms with E-state index in [1.165, 1.54) is 16.7 Å². The molecule has 3 rings (SSSR count). The lowest BCUT2D eigenvalue weighted by Crippen LogP contribution is -2.14. The highest BCUT2D eigenvalue weighted by Crippen LogP contribution is 2.23. The number of carboxylic acid groups (broad SMARTS) is 1. The largest absolute Gasteiger partial charge is 0.478 e. The molecular weight excluding hydrogens is 280 g/mol. The molecule has 0 radical (unpaired) electrons. The smallest absolute Gasteiger partial charge is 0.335 e. The van der Waals surface area contributed by atoms with Crippen molar-refractivity contribution in [3.05, 3.63) is 63.5 Å². The fraction of sp³-hybridized carbons (Fsp3) is 0. The number of rotatable bonds is 2. The number of carbonyl (C=O) groups is 1. The SMILES string of the molecule is O=C(O)c1ccc2[nH]c(=O)n(-c3ccccc3Cl)c2c1. The van der Waals surface area contributed by atoms with Gasteiger partial charge in [-0.2, -0.15) is 0 Å². The fourth-order valence-corrected chi connectivity index (χ4v) is 2.33. The topological polar surface area (TPSA) is 75.1 Å². The van der Waals surface area contributed by atoms with Gasteiger partial charge < -0.3 is 10.1 Å². The summed E-state index contributed by atoms with van der Waals surface area (Å²) in [7, 11) is 0. The van der Waals surface area contributed by atoms with E-state index < -0.39 is 5.97 Å². The number of aromatic amines is 1. The molecule has 2 aromatic carbocycles. The Kier molecular flexibility index (Phi) is 2.84. The van der Waals surface area contributed by atoms with Gasteiger partial charge in [-0.05, 0) is 30.3 Å². The van der Waals surface area contributed by atoms with Crippen molar-refractivity contribution in [2.75, 3.05) is 0 Å². The summed E-state index contributed by atoms with van der Waals surface area (Å²) >= 11 is 6.10. The van der Waals surface area contributed by atoms with E-state index in [1.54, 1.807) is 30.3 Å². The number of imidazole rings is 1. The Morgan fingerprint density at radius 3 is 2.65 bits per heavy atom. The highest BCUT2D eigenvalue weighted by molar-refractivity contribution is 6.32. The molecule has 5 nitrogen and oxygen atoms in total. The van der Waals surface area contributed by atoms with Crippen molar-refractivity contribution in [1.29, 1.82) is 0 Å². The van der Waals surface area contributed by atoms with Crippen LogP contribution in [0.3, 0.4) is 0 Å². The van der Waals surface area contributed by atoms with Gasteiger partial charge in [0.25, 0.3) is 0 Å². The molecule has 0 saturated heterocycles. The summed E-state index contributed by atoms with van der Waals surface area (Å²) < 4.78 is 1.37. The average Bonchev–Trinajstić information content (AvgIpc) is 2.74. The van der Waals surface area contributed by atoms with E-state index in [4.69, 9.17) is 16.7 Å². The Labute approximate surface area is 118 Å². The monoisotopic (exact) mass is 288 g/mol. The average molecular weight is 289 g/mol. The van der Waals surface area contributed by atoms with E-state index in [9.17, 15) is 9.59 Å². The Hall–Kier alpha value is -2.53. The first-order chi connectivity index (χ1) is 9.58. The van der Waals surface area contributed by atoms with Crippen LogP contribution in [0.2, 0.25) is 5.02 Å². The molecule has 6 heteroatoms. The zero-order valence-electron chi connectivity index (χ0n) is 10.1. The van der Waals surface area contributed by atoms with Crippen LogP contribution in [-0.4, -0.2) is 20.6 Å². The van der Waals surface area contributed by atoms with E-state index in [2.05, 4.69) is 4.98 Å². The summed E-state index contributed by atoms with van der Waals surface area (Å²) in [6.45, 7) is 0. The number of H-pyrrole nitrogens is 1. The predicted molar refractivity (Wildman–Crippen MR) is 75.9 cm³/mol. The van der Waals surface area contributed by atoms with Crippen LogP contribution < -0.4 is 5.69 Å². The van der Waals surface area contributed by atoms with E-state index >= 15 is 0 Å². The molecule has 0 spiro atoms. The molecule has 0 aliphatic heterocycles. The van der Waals surface area contributed by atoms with Crippen LogP contribution in [0.1, 0.15) is 10.4 Å². The number of para-hydroxylation sites is 1. The third kappa shape index (κ3) is 1.88. The Morgan fingerprint density at radius 1 is 1.20 bits per heavy atom. The third-order valence-electron chi connectivity index (χ3n) is 3.02. The molecule has 1 aromatic heterocycles. The number of fused-ring (bicyclic) bond motifs is 1. The molecule has 0 fully saturated rings. The maximum Gasteiger partial charge on any atom is 0.335 e. The number of nitrogens with zero attached hydrogens (tertiary/aromatic N) is 1. The standard InChI is InChI=1S/C14H9ClN2O3/c15-9-3-1-2-4-11(9)17-12-7-8(13(18)19)5-6-10(12)16-14(17)20/h1-7H,(H,16,20)(H,18,19). The molecule has 3 aromatic rings. The summed E-state index contributed by atoms with van der Waals surface area (Å²) in [6.07, 6.45) is 0. The number of aromatic nitrogens is 2. The number of nitrogens with one attached hydrogen (secondary N) is 1. The van der Waals surface area contributed by atoms with Gasteiger partial charge in [0.1, 0.15) is 0 Å². The number of carboxylic acids is 1. The fourth-order valence-electron chi connectivity index (χ4n) is 2.11. The number of hydrogen-bond donors (Lipinski definition) is 2. The highest BCUT2D eigenvalue weighted by atomic mass is 35.5. The van der Waals surface area contributed by atoms with E-state index in [-0.39, 0.29) is 11.3 Å². The van der Waals surface area contributed by atoms with Crippen LogP contribution in [0, 0.1) is 0 Å². The zero-order chi connectivity index (χ0) is 14.3. The normalized spacial score (nSPS) is 10.8. The van der Waals surface area contributed by atoms with Gasteiger partial charge in [0.2, 0.25) is 0 Å². The van der Waals surface area contributed by atoms with Crippen LogP contribution in [0.25, 0.3) is 16.7 Å². The lowest BCUT2D eigenvalue weighted by molar-refractivity contribution is 0.0697. The van der Waals surface area contributed by atoms with Crippen LogP contribution in [0.15, 0.2) is 47.3 Å². The van der Waals surface area contributed by atoms with Crippen LogP contribution >= 0.6 is 11.6 Å². The molecule has 0 saturated carbocycles. The molecule has 0 atom stereocenters. The van der Waals surface area contributed by atoms with E-state index in [1.807, 2.05) is 0 Å². The molecule has 0 bridgehead atoms. The first-order valence-electron chi connectivity index (χ1n) is 5.81. The van der Waals surface area contributed by atoms with Gasteiger partial charge in [0.15, 0.2) is 0 Å². The van der Waals surface area contributed by atoms with Crippen molar-refractivity contribution in [3.8, 4) is 5.69 Å². The van der Waals surface area contributed by atoms with Gasteiger partial charge in [-0.3, -0.25) is 4.57 Å². The first kappa shape index (κ1) is 12.5. The van der Waals surface area contributed by atoms with Crippen molar-refractivity contribution >= 4 is 28.6 Å². The number of benzene rings is 2. The Balaban J connectivity index is 2.38. The van der Waals surface area contributed by atoms with Gasteiger partial charge in [0, 0.05) is 0 Å². The minimum Gasteiger partial charge on any atom is -0.478 e. The van der Waals surface area contributed by atoms with E-state index in [0.717, 1.165) is 0 Å². The van der Waals surface area contributed by atoms with Crippen LogP contribution in [0.4, 0.5) is 0 Å². The number of aromatic carboxylic acids is 1. The Bertz CT molecular complexity index is 880. The van der Waals surface area contributed by atoms with Gasteiger partial charge >= 0.3 is 11.7 Å².